The van der Waals surface area contributed by atoms with Crippen LogP contribution in [-0.4, -0.2) is 51.0 Å². The third-order valence-corrected chi connectivity index (χ3v) is 6.05. The van der Waals surface area contributed by atoms with E-state index in [9.17, 15) is 22.8 Å². The van der Waals surface area contributed by atoms with Crippen molar-refractivity contribution in [1.82, 2.24) is 25.7 Å². The summed E-state index contributed by atoms with van der Waals surface area (Å²) in [5.74, 6) is -0.381. The van der Waals surface area contributed by atoms with Gasteiger partial charge in [-0.15, -0.1) is 11.3 Å². The number of aromatic nitrogens is 4. The molecular formula is C21H18F3N7O3S2. The Bertz CT molecular complexity index is 1340. The molecule has 4 rings (SSSR count). The van der Waals surface area contributed by atoms with Gasteiger partial charge >= 0.3 is 11.6 Å². The Kier molecular flexibility index (Phi) is 7.90. The maximum atomic E-state index is 12.4. The third-order valence-electron chi connectivity index (χ3n) is 4.51. The van der Waals surface area contributed by atoms with Crippen LogP contribution in [0.3, 0.4) is 0 Å². The second-order valence-corrected chi connectivity index (χ2v) is 9.14. The average molecular weight is 538 g/mol. The number of alkyl halides is 3. The predicted octanol–water partition coefficient (Wildman–Crippen LogP) is 4.62. The van der Waals surface area contributed by atoms with Crippen molar-refractivity contribution in [3.63, 3.8) is 0 Å². The van der Waals surface area contributed by atoms with Gasteiger partial charge in [0.2, 0.25) is 0 Å². The first-order valence-corrected chi connectivity index (χ1v) is 12.0. The molecule has 0 bridgehead atoms. The molecule has 2 aromatic heterocycles. The predicted molar refractivity (Wildman–Crippen MR) is 129 cm³/mol. The summed E-state index contributed by atoms with van der Waals surface area (Å²) >= 11 is 1.03. The Morgan fingerprint density at radius 3 is 2.61 bits per heavy atom. The third kappa shape index (κ3) is 7.32. The molecule has 0 aliphatic rings. The highest BCUT2D eigenvalue weighted by Crippen LogP contribution is 2.36. The smallest absolute Gasteiger partial charge is 0.445 e. The van der Waals surface area contributed by atoms with Gasteiger partial charge in [0, 0.05) is 29.1 Å². The van der Waals surface area contributed by atoms with Crippen LogP contribution in [-0.2, 0) is 11.3 Å². The number of carbonyl (C=O) groups excluding carboxylic acids is 2. The average Bonchev–Trinajstić information content (AvgIpc) is 3.50. The summed E-state index contributed by atoms with van der Waals surface area (Å²) in [4.78, 5) is 28.5. The van der Waals surface area contributed by atoms with E-state index >= 15 is 0 Å². The van der Waals surface area contributed by atoms with E-state index in [1.807, 2.05) is 0 Å². The zero-order valence-electron chi connectivity index (χ0n) is 18.3. The highest BCUT2D eigenvalue weighted by molar-refractivity contribution is 8.00. The molecule has 0 radical (unpaired) electrons. The Labute approximate surface area is 210 Å². The van der Waals surface area contributed by atoms with Crippen molar-refractivity contribution in [2.24, 2.45) is 0 Å². The second kappa shape index (κ2) is 11.3. The number of amides is 2. The first-order chi connectivity index (χ1) is 17.2. The van der Waals surface area contributed by atoms with Gasteiger partial charge < -0.3 is 20.7 Å². The molecule has 2 aromatic carbocycles. The van der Waals surface area contributed by atoms with E-state index in [4.69, 9.17) is 4.74 Å². The molecule has 0 unspecified atom stereocenters. The van der Waals surface area contributed by atoms with Crippen molar-refractivity contribution in [2.75, 3.05) is 23.7 Å². The fourth-order valence-corrected chi connectivity index (χ4v) is 4.15. The van der Waals surface area contributed by atoms with Crippen molar-refractivity contribution in [3.05, 3.63) is 59.1 Å². The van der Waals surface area contributed by atoms with Crippen LogP contribution in [0.5, 0.6) is 0 Å². The summed E-state index contributed by atoms with van der Waals surface area (Å²) in [6.45, 7) is 0.472. The number of hydrogen-bond acceptors (Lipinski definition) is 9. The minimum atomic E-state index is -4.35. The molecule has 0 saturated carbocycles. The van der Waals surface area contributed by atoms with Crippen LogP contribution in [0.1, 0.15) is 16.1 Å². The summed E-state index contributed by atoms with van der Waals surface area (Å²) in [5, 5.41) is 20.8. The molecule has 0 aliphatic carbocycles. The molecule has 2 heterocycles. The van der Waals surface area contributed by atoms with Gasteiger partial charge in [-0.3, -0.25) is 4.79 Å². The number of benzene rings is 2. The zero-order chi connectivity index (χ0) is 25.5. The normalized spacial score (nSPS) is 11.3. The fourth-order valence-electron chi connectivity index (χ4n) is 2.89. The number of nitrogens with one attached hydrogen (secondary N) is 4. The van der Waals surface area contributed by atoms with E-state index in [1.165, 1.54) is 35.6 Å². The minimum absolute atomic E-state index is 0.0534. The molecule has 0 saturated heterocycles. The number of carbonyl (C=O) groups is 2. The van der Waals surface area contributed by atoms with Crippen molar-refractivity contribution in [1.29, 1.82) is 0 Å². The van der Waals surface area contributed by atoms with Crippen LogP contribution in [0.2, 0.25) is 0 Å². The number of H-pyrrole nitrogens is 1. The number of fused-ring (bicyclic) bond motifs is 1. The van der Waals surface area contributed by atoms with E-state index in [0.29, 0.717) is 34.0 Å². The topological polar surface area (TPSA) is 134 Å². The van der Waals surface area contributed by atoms with Crippen LogP contribution in [0.25, 0.3) is 11.0 Å². The van der Waals surface area contributed by atoms with Crippen molar-refractivity contribution in [2.45, 2.75) is 17.0 Å². The highest BCUT2D eigenvalue weighted by Gasteiger charge is 2.29. The molecule has 36 heavy (non-hydrogen) atoms. The van der Waals surface area contributed by atoms with E-state index in [0.717, 1.165) is 0 Å². The maximum absolute atomic E-state index is 12.4. The molecule has 4 N–H and O–H groups in total. The van der Waals surface area contributed by atoms with Crippen molar-refractivity contribution >= 4 is 57.0 Å². The van der Waals surface area contributed by atoms with E-state index in [1.54, 1.807) is 23.6 Å². The minimum Gasteiger partial charge on any atom is -0.445 e. The molecule has 4 aromatic rings. The quantitative estimate of drug-likeness (QED) is 0.180. The van der Waals surface area contributed by atoms with Gasteiger partial charge in [-0.2, -0.15) is 28.6 Å². The van der Waals surface area contributed by atoms with Crippen molar-refractivity contribution < 1.29 is 27.5 Å². The largest absolute Gasteiger partial charge is 0.446 e. The van der Waals surface area contributed by atoms with Crippen LogP contribution in [0.15, 0.2) is 52.7 Å². The van der Waals surface area contributed by atoms with E-state index in [-0.39, 0.29) is 41.4 Å². The van der Waals surface area contributed by atoms with Crippen molar-refractivity contribution in [3.8, 4) is 0 Å². The number of nitrogens with zero attached hydrogens (tertiary/aromatic N) is 3. The van der Waals surface area contributed by atoms with E-state index < -0.39 is 11.6 Å². The first-order valence-electron chi connectivity index (χ1n) is 10.3. The number of thiazole rings is 1. The first kappa shape index (κ1) is 25.2. The monoisotopic (exact) mass is 537 g/mol. The number of ether oxygens (including phenoxy) is 1. The lowest BCUT2D eigenvalue weighted by atomic mass is 10.2. The van der Waals surface area contributed by atoms with Crippen LogP contribution in [0.4, 0.5) is 28.8 Å². The van der Waals surface area contributed by atoms with Crippen LogP contribution in [0, 0.1) is 0 Å². The summed E-state index contributed by atoms with van der Waals surface area (Å²) in [6, 6.07) is 10.7. The van der Waals surface area contributed by atoms with Gasteiger partial charge in [0.05, 0.1) is 0 Å². The van der Waals surface area contributed by atoms with E-state index in [2.05, 4.69) is 36.3 Å². The molecule has 15 heteroatoms. The number of anilines is 2. The van der Waals surface area contributed by atoms with Crippen LogP contribution < -0.4 is 16.0 Å². The van der Waals surface area contributed by atoms with Gasteiger partial charge in [0.1, 0.15) is 23.3 Å². The Hall–Kier alpha value is -3.85. The van der Waals surface area contributed by atoms with Gasteiger partial charge in [-0.05, 0) is 47.7 Å². The van der Waals surface area contributed by atoms with Gasteiger partial charge in [-0.25, -0.2) is 9.78 Å². The van der Waals surface area contributed by atoms with Gasteiger partial charge in [-0.1, -0.05) is 12.1 Å². The van der Waals surface area contributed by atoms with Crippen LogP contribution >= 0.6 is 23.1 Å². The molecule has 0 atom stereocenters. The number of aromatic amines is 1. The number of alkyl carbamates (subject to hydrolysis) is 1. The fraction of sp³-hybridized carbons (Fsp3) is 0.190. The maximum Gasteiger partial charge on any atom is 0.446 e. The standard InChI is InChI=1S/C21H18F3N7O3S2/c22-21(23,24)36-14-4-1-12(2-5-14)10-34-20(33)26-8-7-25-19-28-17(11-35-19)18(32)27-13-3-6-15-16(9-13)30-31-29-15/h1-6,9,11H,7-8,10H2,(H,25,28)(H,26,33)(H,27,32)(H,29,30,31). The molecule has 188 valence electrons. The summed E-state index contributed by atoms with van der Waals surface area (Å²) in [7, 11) is 0. The Balaban J connectivity index is 1.15. The molecule has 2 amide bonds. The lowest BCUT2D eigenvalue weighted by molar-refractivity contribution is -0.0328. The number of hydrogen-bond donors (Lipinski definition) is 4. The second-order valence-electron chi connectivity index (χ2n) is 7.14. The number of thioether (sulfide) groups is 1. The summed E-state index contributed by atoms with van der Waals surface area (Å²) in [6.07, 6.45) is -0.672. The zero-order valence-corrected chi connectivity index (χ0v) is 19.9. The molecule has 0 aliphatic heterocycles. The molecular weight excluding hydrogens is 519 g/mol. The van der Waals surface area contributed by atoms with Gasteiger partial charge in [0.25, 0.3) is 5.91 Å². The summed E-state index contributed by atoms with van der Waals surface area (Å²) in [5.41, 5.74) is -1.70. The summed E-state index contributed by atoms with van der Waals surface area (Å²) < 4.78 is 42.1. The molecule has 10 nitrogen and oxygen atoms in total. The lowest BCUT2D eigenvalue weighted by Crippen LogP contribution is -2.29. The SMILES string of the molecule is O=C(NCCNc1nc(C(=O)Nc2ccc3n[nH]nc3c2)cs1)OCc1ccc(SC(F)(F)F)cc1. The number of halogens is 3. The molecule has 0 fully saturated rings. The van der Waals surface area contributed by atoms with Gasteiger partial charge in [0.15, 0.2) is 5.13 Å². The number of rotatable bonds is 9. The Morgan fingerprint density at radius 2 is 1.83 bits per heavy atom. The highest BCUT2D eigenvalue weighted by atomic mass is 32.2. The molecule has 0 spiro atoms. The Morgan fingerprint density at radius 1 is 1.06 bits per heavy atom. The lowest BCUT2D eigenvalue weighted by Gasteiger charge is -2.09.